The van der Waals surface area contributed by atoms with E-state index in [1.165, 1.54) is 11.8 Å². The van der Waals surface area contributed by atoms with E-state index in [2.05, 4.69) is 11.9 Å². The van der Waals surface area contributed by atoms with E-state index in [0.29, 0.717) is 12.2 Å². The van der Waals surface area contributed by atoms with Gasteiger partial charge in [0.05, 0.1) is 17.3 Å². The molecule has 5 nitrogen and oxygen atoms in total. The van der Waals surface area contributed by atoms with E-state index in [9.17, 15) is 13.2 Å². The molecule has 0 aliphatic carbocycles. The third-order valence-corrected chi connectivity index (χ3v) is 6.76. The lowest BCUT2D eigenvalue weighted by atomic mass is 10.3. The van der Waals surface area contributed by atoms with Crippen LogP contribution in [0.15, 0.2) is 0 Å². The minimum Gasteiger partial charge on any atom is -0.339 e. The highest BCUT2D eigenvalue weighted by atomic mass is 32.2. The number of hydrogen-bond acceptors (Lipinski definition) is 5. The van der Waals surface area contributed by atoms with Crippen molar-refractivity contribution in [2.45, 2.75) is 11.7 Å². The first-order valence-electron chi connectivity index (χ1n) is 6.24. The summed E-state index contributed by atoms with van der Waals surface area (Å²) < 4.78 is 22.6. The van der Waals surface area contributed by atoms with E-state index in [0.717, 1.165) is 26.2 Å². The van der Waals surface area contributed by atoms with E-state index >= 15 is 0 Å². The van der Waals surface area contributed by atoms with Crippen LogP contribution in [0.3, 0.4) is 0 Å². The van der Waals surface area contributed by atoms with Crippen molar-refractivity contribution in [3.63, 3.8) is 0 Å². The molecule has 0 aromatic rings. The zero-order valence-electron chi connectivity index (χ0n) is 10.7. The Bertz CT molecular complexity index is 403. The fourth-order valence-electron chi connectivity index (χ4n) is 2.23. The highest BCUT2D eigenvalue weighted by Crippen LogP contribution is 2.24. The van der Waals surface area contributed by atoms with Crippen LogP contribution in [0, 0.1) is 0 Å². The Hall–Kier alpha value is -0.270. The van der Waals surface area contributed by atoms with Gasteiger partial charge in [0.2, 0.25) is 5.91 Å². The number of piperazine rings is 1. The number of likely N-dealkylation sites (N-methyl/N-ethyl adjacent to an activating group) is 1. The molecular formula is C11H20N2O3S2. The van der Waals surface area contributed by atoms with Gasteiger partial charge in [0.1, 0.15) is 0 Å². The summed E-state index contributed by atoms with van der Waals surface area (Å²) in [5, 5.41) is 0.117. The molecule has 0 saturated carbocycles. The van der Waals surface area contributed by atoms with Crippen LogP contribution >= 0.6 is 11.8 Å². The maximum Gasteiger partial charge on any atom is 0.232 e. The monoisotopic (exact) mass is 292 g/mol. The van der Waals surface area contributed by atoms with Crippen LogP contribution in [0.2, 0.25) is 0 Å². The molecule has 1 unspecified atom stereocenters. The van der Waals surface area contributed by atoms with Crippen LogP contribution in [-0.4, -0.2) is 79.9 Å². The summed E-state index contributed by atoms with van der Waals surface area (Å²) in [7, 11) is -0.772. The van der Waals surface area contributed by atoms with Crippen molar-refractivity contribution in [1.29, 1.82) is 0 Å². The smallest absolute Gasteiger partial charge is 0.232 e. The Morgan fingerprint density at radius 2 is 1.94 bits per heavy atom. The molecule has 2 aliphatic rings. The Balaban J connectivity index is 1.72. The second-order valence-electron chi connectivity index (χ2n) is 5.02. The number of hydrogen-bond donors (Lipinski definition) is 0. The molecule has 0 aromatic heterocycles. The summed E-state index contributed by atoms with van der Waals surface area (Å²) in [5.41, 5.74) is 0. The predicted octanol–water partition coefficient (Wildman–Crippen LogP) is -0.319. The summed E-state index contributed by atoms with van der Waals surface area (Å²) in [6, 6.07) is 0. The number of thioether (sulfide) groups is 1. The van der Waals surface area contributed by atoms with Gasteiger partial charge in [0, 0.05) is 31.4 Å². The topological polar surface area (TPSA) is 57.7 Å². The number of amides is 1. The molecule has 0 bridgehead atoms. The van der Waals surface area contributed by atoms with Gasteiger partial charge < -0.3 is 9.80 Å². The Morgan fingerprint density at radius 1 is 1.28 bits per heavy atom. The highest BCUT2D eigenvalue weighted by molar-refractivity contribution is 8.02. The molecule has 1 amide bonds. The first-order chi connectivity index (χ1) is 8.46. The maximum atomic E-state index is 12.0. The summed E-state index contributed by atoms with van der Waals surface area (Å²) >= 11 is 1.50. The molecule has 7 heteroatoms. The molecular weight excluding hydrogens is 272 g/mol. The molecule has 2 rings (SSSR count). The molecule has 104 valence electrons. The molecule has 0 N–H and O–H groups in total. The van der Waals surface area contributed by atoms with Crippen molar-refractivity contribution >= 4 is 27.5 Å². The van der Waals surface area contributed by atoms with Gasteiger partial charge in [-0.25, -0.2) is 8.42 Å². The second kappa shape index (κ2) is 5.79. The number of rotatable bonds is 3. The fraction of sp³-hybridized carbons (Fsp3) is 0.909. The minimum absolute atomic E-state index is 0.117. The summed E-state index contributed by atoms with van der Waals surface area (Å²) in [6.45, 7) is 3.43. The predicted molar refractivity (Wildman–Crippen MR) is 73.6 cm³/mol. The minimum atomic E-state index is -2.83. The Labute approximate surface area is 113 Å². The first-order valence-corrected chi connectivity index (χ1v) is 9.12. The standard InChI is InChI=1S/C11H20N2O3S2/c1-12-3-5-13(6-4-12)11(14)8-17-10-2-7-18(15,16)9-10/h10H,2-9H2,1H3. The fourth-order valence-corrected chi connectivity index (χ4v) is 5.77. The molecule has 2 aliphatic heterocycles. The number of carbonyl (C=O) groups is 1. The molecule has 0 spiro atoms. The largest absolute Gasteiger partial charge is 0.339 e. The van der Waals surface area contributed by atoms with Crippen molar-refractivity contribution < 1.29 is 13.2 Å². The van der Waals surface area contributed by atoms with Crippen LogP contribution in [0.5, 0.6) is 0 Å². The third kappa shape index (κ3) is 3.86. The Kier molecular flexibility index (Phi) is 4.55. The average Bonchev–Trinajstić information content (AvgIpc) is 2.67. The average molecular weight is 292 g/mol. The zero-order chi connectivity index (χ0) is 13.2. The van der Waals surface area contributed by atoms with Gasteiger partial charge in [0.25, 0.3) is 0 Å². The third-order valence-electron chi connectivity index (χ3n) is 3.49. The number of sulfone groups is 1. The molecule has 0 aromatic carbocycles. The number of nitrogens with zero attached hydrogens (tertiary/aromatic N) is 2. The van der Waals surface area contributed by atoms with Crippen LogP contribution in [0.4, 0.5) is 0 Å². The van der Waals surface area contributed by atoms with Gasteiger partial charge >= 0.3 is 0 Å². The Morgan fingerprint density at radius 3 is 2.50 bits per heavy atom. The van der Waals surface area contributed by atoms with Crippen LogP contribution in [0.1, 0.15) is 6.42 Å². The lowest BCUT2D eigenvalue weighted by Crippen LogP contribution is -2.47. The zero-order valence-corrected chi connectivity index (χ0v) is 12.3. The van der Waals surface area contributed by atoms with Gasteiger partial charge in [-0.05, 0) is 13.5 Å². The lowest BCUT2D eigenvalue weighted by Gasteiger charge is -2.32. The molecule has 2 heterocycles. The maximum absolute atomic E-state index is 12.0. The van der Waals surface area contributed by atoms with Crippen molar-refractivity contribution in [3.05, 3.63) is 0 Å². The molecule has 0 radical (unpaired) electrons. The van der Waals surface area contributed by atoms with Gasteiger partial charge in [-0.3, -0.25) is 4.79 Å². The van der Waals surface area contributed by atoms with E-state index < -0.39 is 9.84 Å². The van der Waals surface area contributed by atoms with Gasteiger partial charge in [-0.15, -0.1) is 11.8 Å². The SMILES string of the molecule is CN1CCN(C(=O)CSC2CCS(=O)(=O)C2)CC1. The van der Waals surface area contributed by atoms with E-state index in [4.69, 9.17) is 0 Å². The van der Waals surface area contributed by atoms with Crippen LogP contribution in [-0.2, 0) is 14.6 Å². The van der Waals surface area contributed by atoms with E-state index in [-0.39, 0.29) is 22.7 Å². The quantitative estimate of drug-likeness (QED) is 0.713. The molecule has 1 atom stereocenters. The van der Waals surface area contributed by atoms with Crippen molar-refractivity contribution in [1.82, 2.24) is 9.80 Å². The first kappa shape index (κ1) is 14.1. The molecule has 2 saturated heterocycles. The van der Waals surface area contributed by atoms with Crippen LogP contribution in [0.25, 0.3) is 0 Å². The molecule has 18 heavy (non-hydrogen) atoms. The second-order valence-corrected chi connectivity index (χ2v) is 8.54. The normalized spacial score (nSPS) is 28.5. The lowest BCUT2D eigenvalue weighted by molar-refractivity contribution is -0.129. The van der Waals surface area contributed by atoms with Crippen molar-refractivity contribution in [2.24, 2.45) is 0 Å². The van der Waals surface area contributed by atoms with Gasteiger partial charge in [-0.1, -0.05) is 0 Å². The van der Waals surface area contributed by atoms with E-state index in [1.807, 2.05) is 4.90 Å². The highest BCUT2D eigenvalue weighted by Gasteiger charge is 2.29. The van der Waals surface area contributed by atoms with Gasteiger partial charge in [-0.2, -0.15) is 0 Å². The number of carbonyl (C=O) groups excluding carboxylic acids is 1. The summed E-state index contributed by atoms with van der Waals surface area (Å²) in [6.07, 6.45) is 0.697. The van der Waals surface area contributed by atoms with Gasteiger partial charge in [0.15, 0.2) is 9.84 Å². The summed E-state index contributed by atoms with van der Waals surface area (Å²) in [4.78, 5) is 16.1. The summed E-state index contributed by atoms with van der Waals surface area (Å²) in [5.74, 6) is 1.10. The van der Waals surface area contributed by atoms with Crippen molar-refractivity contribution in [2.75, 3.05) is 50.5 Å². The van der Waals surface area contributed by atoms with E-state index in [1.54, 1.807) is 0 Å². The molecule has 2 fully saturated rings. The van der Waals surface area contributed by atoms with Crippen LogP contribution < -0.4 is 0 Å². The van der Waals surface area contributed by atoms with Crippen molar-refractivity contribution in [3.8, 4) is 0 Å².